The van der Waals surface area contributed by atoms with E-state index in [-0.39, 0.29) is 5.92 Å². The molecule has 2 rings (SSSR count). The first-order valence-electron chi connectivity index (χ1n) is 8.15. The van der Waals surface area contributed by atoms with Gasteiger partial charge in [-0.15, -0.1) is 0 Å². The number of carbonyl (C=O) groups excluding carboxylic acids is 1. The molecule has 3 nitrogen and oxygen atoms in total. The fraction of sp³-hybridized carbons (Fsp3) is 0.611. The highest BCUT2D eigenvalue weighted by atomic mass is 16.2. The van der Waals surface area contributed by atoms with Gasteiger partial charge in [0.1, 0.15) is 0 Å². The van der Waals surface area contributed by atoms with E-state index in [1.165, 1.54) is 12.0 Å². The summed E-state index contributed by atoms with van der Waals surface area (Å²) >= 11 is 0. The van der Waals surface area contributed by atoms with Crippen molar-refractivity contribution in [2.24, 2.45) is 11.8 Å². The minimum atomic E-state index is 0.103. The number of hydrogen-bond donors (Lipinski definition) is 0. The Kier molecular flexibility index (Phi) is 5.80. The Morgan fingerprint density at radius 2 is 2.05 bits per heavy atom. The second kappa shape index (κ2) is 7.60. The summed E-state index contributed by atoms with van der Waals surface area (Å²) in [6.07, 6.45) is 1.20. The molecule has 21 heavy (non-hydrogen) atoms. The topological polar surface area (TPSA) is 23.6 Å². The Morgan fingerprint density at radius 1 is 1.33 bits per heavy atom. The van der Waals surface area contributed by atoms with Crippen molar-refractivity contribution in [3.63, 3.8) is 0 Å². The molecule has 1 aromatic rings. The molecule has 0 bridgehead atoms. The standard InChI is InChI=1S/C18H28N2O/c1-4-20(18(21)15(2)3)14-17-10-11-19(13-17)12-16-8-6-5-7-9-16/h5-9,15,17H,4,10-14H2,1-3H3. The molecule has 116 valence electrons. The van der Waals surface area contributed by atoms with E-state index in [1.54, 1.807) is 0 Å². The van der Waals surface area contributed by atoms with Crippen LogP contribution in [-0.2, 0) is 11.3 Å². The molecule has 3 heteroatoms. The van der Waals surface area contributed by atoms with Crippen molar-refractivity contribution in [2.75, 3.05) is 26.2 Å². The lowest BCUT2D eigenvalue weighted by atomic mass is 10.1. The van der Waals surface area contributed by atoms with Crippen LogP contribution in [0.1, 0.15) is 32.8 Å². The lowest BCUT2D eigenvalue weighted by molar-refractivity contribution is -0.134. The zero-order chi connectivity index (χ0) is 15.2. The highest BCUT2D eigenvalue weighted by molar-refractivity contribution is 5.78. The summed E-state index contributed by atoms with van der Waals surface area (Å²) in [7, 11) is 0. The van der Waals surface area contributed by atoms with Gasteiger partial charge in [0.15, 0.2) is 0 Å². The highest BCUT2D eigenvalue weighted by Gasteiger charge is 2.26. The number of benzene rings is 1. The van der Waals surface area contributed by atoms with E-state index in [4.69, 9.17) is 0 Å². The van der Waals surface area contributed by atoms with Crippen molar-refractivity contribution < 1.29 is 4.79 Å². The van der Waals surface area contributed by atoms with Gasteiger partial charge in [0.2, 0.25) is 5.91 Å². The molecule has 1 unspecified atom stereocenters. The van der Waals surface area contributed by atoms with Crippen LogP contribution in [0.3, 0.4) is 0 Å². The normalized spacial score (nSPS) is 19.1. The Labute approximate surface area is 128 Å². The van der Waals surface area contributed by atoms with Crippen molar-refractivity contribution in [3.05, 3.63) is 35.9 Å². The minimum absolute atomic E-state index is 0.103. The van der Waals surface area contributed by atoms with Gasteiger partial charge in [-0.25, -0.2) is 0 Å². The number of rotatable bonds is 6. The number of likely N-dealkylation sites (tertiary alicyclic amines) is 1. The largest absolute Gasteiger partial charge is 0.342 e. The SMILES string of the molecule is CCN(CC1CCN(Cc2ccccc2)C1)C(=O)C(C)C. The third-order valence-corrected chi connectivity index (χ3v) is 4.28. The summed E-state index contributed by atoms with van der Waals surface area (Å²) in [6.45, 7) is 11.1. The average molecular weight is 288 g/mol. The van der Waals surface area contributed by atoms with Gasteiger partial charge < -0.3 is 4.90 Å². The van der Waals surface area contributed by atoms with Gasteiger partial charge in [-0.3, -0.25) is 9.69 Å². The van der Waals surface area contributed by atoms with Gasteiger partial charge in [-0.2, -0.15) is 0 Å². The van der Waals surface area contributed by atoms with Crippen LogP contribution in [0.4, 0.5) is 0 Å². The number of amides is 1. The van der Waals surface area contributed by atoms with Gasteiger partial charge in [0, 0.05) is 32.1 Å². The quantitative estimate of drug-likeness (QED) is 0.803. The molecule has 0 saturated carbocycles. The van der Waals surface area contributed by atoms with E-state index in [1.807, 2.05) is 18.7 Å². The van der Waals surface area contributed by atoms with E-state index < -0.39 is 0 Å². The molecule has 1 aromatic carbocycles. The maximum Gasteiger partial charge on any atom is 0.225 e. The monoisotopic (exact) mass is 288 g/mol. The first-order valence-corrected chi connectivity index (χ1v) is 8.15. The van der Waals surface area contributed by atoms with Crippen molar-refractivity contribution >= 4 is 5.91 Å². The van der Waals surface area contributed by atoms with Crippen molar-refractivity contribution in [3.8, 4) is 0 Å². The van der Waals surface area contributed by atoms with Crippen molar-refractivity contribution in [2.45, 2.75) is 33.7 Å². The molecule has 1 fully saturated rings. The summed E-state index contributed by atoms with van der Waals surface area (Å²) in [5, 5.41) is 0. The van der Waals surface area contributed by atoms with Crippen molar-refractivity contribution in [1.29, 1.82) is 0 Å². The summed E-state index contributed by atoms with van der Waals surface area (Å²) < 4.78 is 0. The Hall–Kier alpha value is -1.35. The first kappa shape index (κ1) is 16.0. The Morgan fingerprint density at radius 3 is 2.67 bits per heavy atom. The van der Waals surface area contributed by atoms with Crippen LogP contribution in [0, 0.1) is 11.8 Å². The van der Waals surface area contributed by atoms with Crippen LogP contribution in [0.2, 0.25) is 0 Å². The predicted octanol–water partition coefficient (Wildman–Crippen LogP) is 3.01. The molecular weight excluding hydrogens is 260 g/mol. The number of carbonyl (C=O) groups is 1. The Balaban J connectivity index is 1.83. The summed E-state index contributed by atoms with van der Waals surface area (Å²) in [4.78, 5) is 16.7. The van der Waals surface area contributed by atoms with Gasteiger partial charge in [-0.05, 0) is 31.4 Å². The zero-order valence-corrected chi connectivity index (χ0v) is 13.6. The van der Waals surface area contributed by atoms with Crippen LogP contribution in [0.15, 0.2) is 30.3 Å². The fourth-order valence-corrected chi connectivity index (χ4v) is 3.10. The van der Waals surface area contributed by atoms with E-state index in [9.17, 15) is 4.79 Å². The Bertz CT molecular complexity index is 444. The smallest absolute Gasteiger partial charge is 0.225 e. The molecule has 0 N–H and O–H groups in total. The first-order chi connectivity index (χ1) is 10.1. The van der Waals surface area contributed by atoms with E-state index in [2.05, 4.69) is 42.2 Å². The molecular formula is C18H28N2O. The van der Waals surface area contributed by atoms with Gasteiger partial charge >= 0.3 is 0 Å². The second-order valence-corrected chi connectivity index (χ2v) is 6.41. The molecule has 0 aliphatic carbocycles. The lowest BCUT2D eigenvalue weighted by Crippen LogP contribution is -2.38. The minimum Gasteiger partial charge on any atom is -0.342 e. The maximum absolute atomic E-state index is 12.1. The molecule has 1 saturated heterocycles. The van der Waals surface area contributed by atoms with Crippen LogP contribution < -0.4 is 0 Å². The fourth-order valence-electron chi connectivity index (χ4n) is 3.10. The summed E-state index contributed by atoms with van der Waals surface area (Å²) in [5.74, 6) is 1.02. The molecule has 1 aliphatic heterocycles. The molecule has 0 radical (unpaired) electrons. The molecule has 0 spiro atoms. The summed E-state index contributed by atoms with van der Waals surface area (Å²) in [6, 6.07) is 10.6. The molecule has 1 heterocycles. The molecule has 1 amide bonds. The average Bonchev–Trinajstić information content (AvgIpc) is 2.92. The zero-order valence-electron chi connectivity index (χ0n) is 13.6. The van der Waals surface area contributed by atoms with Crippen LogP contribution in [0.25, 0.3) is 0 Å². The van der Waals surface area contributed by atoms with Crippen LogP contribution >= 0.6 is 0 Å². The van der Waals surface area contributed by atoms with E-state index >= 15 is 0 Å². The molecule has 0 aromatic heterocycles. The second-order valence-electron chi connectivity index (χ2n) is 6.41. The maximum atomic E-state index is 12.1. The van der Waals surface area contributed by atoms with Crippen LogP contribution in [0.5, 0.6) is 0 Å². The number of hydrogen-bond acceptors (Lipinski definition) is 2. The third kappa shape index (κ3) is 4.57. The van der Waals surface area contributed by atoms with Crippen molar-refractivity contribution in [1.82, 2.24) is 9.80 Å². The predicted molar refractivity (Wildman–Crippen MR) is 86.9 cm³/mol. The molecule has 1 atom stereocenters. The van der Waals surface area contributed by atoms with Gasteiger partial charge in [0.25, 0.3) is 0 Å². The van der Waals surface area contributed by atoms with Crippen LogP contribution in [-0.4, -0.2) is 41.9 Å². The van der Waals surface area contributed by atoms with Gasteiger partial charge in [0.05, 0.1) is 0 Å². The van der Waals surface area contributed by atoms with Gasteiger partial charge in [-0.1, -0.05) is 44.2 Å². The lowest BCUT2D eigenvalue weighted by Gasteiger charge is -2.26. The third-order valence-electron chi connectivity index (χ3n) is 4.28. The highest BCUT2D eigenvalue weighted by Crippen LogP contribution is 2.20. The van der Waals surface area contributed by atoms with E-state index in [0.29, 0.717) is 11.8 Å². The molecule has 1 aliphatic rings. The number of nitrogens with zero attached hydrogens (tertiary/aromatic N) is 2. The summed E-state index contributed by atoms with van der Waals surface area (Å²) in [5.41, 5.74) is 1.38. The van der Waals surface area contributed by atoms with E-state index in [0.717, 1.165) is 32.7 Å².